The molecule has 1 heterocycles. The molecule has 0 unspecified atom stereocenters. The van der Waals surface area contributed by atoms with Gasteiger partial charge in [0, 0.05) is 28.2 Å². The minimum Gasteiger partial charge on any atom is -0.455 e. The number of halogens is 1. The van der Waals surface area contributed by atoms with Crippen molar-refractivity contribution >= 4 is 39.6 Å². The highest BCUT2D eigenvalue weighted by molar-refractivity contribution is 9.10. The molecule has 7 heteroatoms. The Hall–Kier alpha value is -3.19. The van der Waals surface area contributed by atoms with Gasteiger partial charge in [0.05, 0.1) is 6.21 Å². The molecular weight excluding hydrogens is 422 g/mol. The lowest BCUT2D eigenvalue weighted by molar-refractivity contribution is -0.114. The van der Waals surface area contributed by atoms with E-state index in [1.807, 2.05) is 31.2 Å². The van der Waals surface area contributed by atoms with Gasteiger partial charge in [-0.1, -0.05) is 28.1 Å². The lowest BCUT2D eigenvalue weighted by Crippen LogP contribution is -2.18. The van der Waals surface area contributed by atoms with Crippen LogP contribution in [0.15, 0.2) is 68.6 Å². The highest BCUT2D eigenvalue weighted by Crippen LogP contribution is 2.30. The smallest absolute Gasteiger partial charge is 0.271 e. The fourth-order valence-electron chi connectivity index (χ4n) is 2.55. The molecule has 0 spiro atoms. The summed E-state index contributed by atoms with van der Waals surface area (Å²) in [6.45, 7) is 3.42. The Morgan fingerprint density at radius 3 is 2.68 bits per heavy atom. The van der Waals surface area contributed by atoms with Crippen LogP contribution in [0.3, 0.4) is 0 Å². The topological polar surface area (TPSA) is 83.7 Å². The van der Waals surface area contributed by atoms with Crippen molar-refractivity contribution in [1.82, 2.24) is 5.43 Å². The first-order valence-corrected chi connectivity index (χ1v) is 9.29. The SMILES string of the molecule is CC(=O)Nc1cccc(C(=O)NN=Cc2ccc(-c3ccc(C)cc3Br)o2)c1. The molecule has 142 valence electrons. The van der Waals surface area contributed by atoms with Crippen molar-refractivity contribution < 1.29 is 14.0 Å². The van der Waals surface area contributed by atoms with E-state index in [0.29, 0.717) is 22.8 Å². The van der Waals surface area contributed by atoms with Gasteiger partial charge in [0.1, 0.15) is 11.5 Å². The number of anilines is 1. The number of hydrogen-bond donors (Lipinski definition) is 2. The molecule has 3 rings (SSSR count). The fourth-order valence-corrected chi connectivity index (χ4v) is 3.24. The molecular formula is C21H18BrN3O3. The first-order chi connectivity index (χ1) is 13.4. The summed E-state index contributed by atoms with van der Waals surface area (Å²) in [5.74, 6) is 0.610. The van der Waals surface area contributed by atoms with Gasteiger partial charge in [-0.05, 0) is 55.0 Å². The standard InChI is InChI=1S/C21H18BrN3O3/c1-13-6-8-18(19(22)10-13)20-9-7-17(28-20)12-23-25-21(27)15-4-3-5-16(11-15)24-14(2)26/h3-12H,1-2H3,(H,24,26)(H,25,27). The first kappa shape index (κ1) is 19.6. The number of hydrogen-bond acceptors (Lipinski definition) is 4. The summed E-state index contributed by atoms with van der Waals surface area (Å²) in [5.41, 5.74) is 5.45. The third-order valence-corrected chi connectivity index (χ3v) is 4.48. The van der Waals surface area contributed by atoms with E-state index in [1.165, 1.54) is 13.1 Å². The normalized spacial score (nSPS) is 10.8. The van der Waals surface area contributed by atoms with Crippen molar-refractivity contribution in [2.24, 2.45) is 5.10 Å². The average Bonchev–Trinajstić information content (AvgIpc) is 3.10. The zero-order valence-electron chi connectivity index (χ0n) is 15.3. The number of amides is 2. The van der Waals surface area contributed by atoms with Gasteiger partial charge in [-0.3, -0.25) is 9.59 Å². The van der Waals surface area contributed by atoms with Gasteiger partial charge in [-0.2, -0.15) is 5.10 Å². The van der Waals surface area contributed by atoms with E-state index in [-0.39, 0.29) is 5.91 Å². The van der Waals surface area contributed by atoms with Crippen molar-refractivity contribution in [3.8, 4) is 11.3 Å². The lowest BCUT2D eigenvalue weighted by Gasteiger charge is -2.04. The molecule has 0 bridgehead atoms. The summed E-state index contributed by atoms with van der Waals surface area (Å²) >= 11 is 3.53. The molecule has 0 radical (unpaired) electrons. The van der Waals surface area contributed by atoms with Crippen molar-refractivity contribution in [2.75, 3.05) is 5.32 Å². The van der Waals surface area contributed by atoms with E-state index in [2.05, 4.69) is 31.8 Å². The minimum atomic E-state index is -0.392. The number of benzene rings is 2. The second-order valence-electron chi connectivity index (χ2n) is 6.15. The first-order valence-electron chi connectivity index (χ1n) is 8.50. The van der Waals surface area contributed by atoms with Crippen molar-refractivity contribution in [1.29, 1.82) is 0 Å². The number of rotatable bonds is 5. The minimum absolute atomic E-state index is 0.204. The van der Waals surface area contributed by atoms with E-state index in [0.717, 1.165) is 15.6 Å². The zero-order chi connectivity index (χ0) is 20.1. The molecule has 0 saturated carbocycles. The van der Waals surface area contributed by atoms with Gasteiger partial charge in [-0.15, -0.1) is 0 Å². The molecule has 3 aromatic rings. The summed E-state index contributed by atoms with van der Waals surface area (Å²) in [4.78, 5) is 23.3. The Morgan fingerprint density at radius 2 is 1.93 bits per heavy atom. The van der Waals surface area contributed by atoms with Gasteiger partial charge in [0.25, 0.3) is 5.91 Å². The molecule has 28 heavy (non-hydrogen) atoms. The Labute approximate surface area is 170 Å². The van der Waals surface area contributed by atoms with Gasteiger partial charge >= 0.3 is 0 Å². The van der Waals surface area contributed by atoms with Crippen molar-refractivity contribution in [3.05, 3.63) is 76.0 Å². The maximum absolute atomic E-state index is 12.2. The Kier molecular flexibility index (Phi) is 6.06. The zero-order valence-corrected chi connectivity index (χ0v) is 16.9. The Balaban J connectivity index is 1.66. The van der Waals surface area contributed by atoms with E-state index < -0.39 is 5.91 Å². The van der Waals surface area contributed by atoms with Gasteiger partial charge in [0.2, 0.25) is 5.91 Å². The molecule has 0 aliphatic rings. The molecule has 6 nitrogen and oxygen atoms in total. The molecule has 0 atom stereocenters. The number of nitrogens with zero attached hydrogens (tertiary/aromatic N) is 1. The second kappa shape index (κ2) is 8.67. The van der Waals surface area contributed by atoms with Crippen molar-refractivity contribution in [3.63, 3.8) is 0 Å². The largest absolute Gasteiger partial charge is 0.455 e. The summed E-state index contributed by atoms with van der Waals surface area (Å²) < 4.78 is 6.71. The molecule has 0 saturated heterocycles. The third-order valence-electron chi connectivity index (χ3n) is 3.82. The number of hydrazone groups is 1. The van der Waals surface area contributed by atoms with E-state index in [1.54, 1.807) is 30.3 Å². The molecule has 2 aromatic carbocycles. The third kappa shape index (κ3) is 4.95. The van der Waals surface area contributed by atoms with Crippen LogP contribution >= 0.6 is 15.9 Å². The quantitative estimate of drug-likeness (QED) is 0.444. The summed E-state index contributed by atoms with van der Waals surface area (Å²) in [5, 5.41) is 6.57. The van der Waals surface area contributed by atoms with E-state index in [4.69, 9.17) is 4.42 Å². The predicted octanol–water partition coefficient (Wildman–Crippen LogP) is 4.74. The highest BCUT2D eigenvalue weighted by atomic mass is 79.9. The molecule has 2 N–H and O–H groups in total. The van der Waals surface area contributed by atoms with Gasteiger partial charge in [0.15, 0.2) is 0 Å². The van der Waals surface area contributed by atoms with Crippen LogP contribution in [0, 0.1) is 6.92 Å². The Bertz CT molecular complexity index is 1060. The van der Waals surface area contributed by atoms with Crippen LogP contribution in [-0.4, -0.2) is 18.0 Å². The summed E-state index contributed by atoms with van der Waals surface area (Å²) in [7, 11) is 0. The maximum Gasteiger partial charge on any atom is 0.271 e. The van der Waals surface area contributed by atoms with E-state index >= 15 is 0 Å². The maximum atomic E-state index is 12.2. The number of nitrogens with one attached hydrogen (secondary N) is 2. The number of furan rings is 1. The fraction of sp³-hybridized carbons (Fsp3) is 0.0952. The van der Waals surface area contributed by atoms with Gasteiger partial charge in [-0.25, -0.2) is 5.43 Å². The van der Waals surface area contributed by atoms with Crippen LogP contribution in [0.5, 0.6) is 0 Å². The summed E-state index contributed by atoms with van der Waals surface area (Å²) in [6, 6.07) is 16.2. The van der Waals surface area contributed by atoms with Crippen LogP contribution < -0.4 is 10.7 Å². The number of carbonyl (C=O) groups excluding carboxylic acids is 2. The van der Waals surface area contributed by atoms with Crippen molar-refractivity contribution in [2.45, 2.75) is 13.8 Å². The number of carbonyl (C=O) groups is 2. The van der Waals surface area contributed by atoms with Crippen LogP contribution in [0.2, 0.25) is 0 Å². The number of aryl methyl sites for hydroxylation is 1. The molecule has 0 fully saturated rings. The second-order valence-corrected chi connectivity index (χ2v) is 7.00. The molecule has 0 aliphatic heterocycles. The predicted molar refractivity (Wildman–Crippen MR) is 112 cm³/mol. The molecule has 0 aliphatic carbocycles. The van der Waals surface area contributed by atoms with Crippen LogP contribution in [0.1, 0.15) is 28.6 Å². The average molecular weight is 440 g/mol. The lowest BCUT2D eigenvalue weighted by atomic mass is 10.1. The molecule has 2 amide bonds. The van der Waals surface area contributed by atoms with Crippen LogP contribution in [0.25, 0.3) is 11.3 Å². The molecule has 1 aromatic heterocycles. The van der Waals surface area contributed by atoms with Gasteiger partial charge < -0.3 is 9.73 Å². The van der Waals surface area contributed by atoms with Crippen LogP contribution in [0.4, 0.5) is 5.69 Å². The highest BCUT2D eigenvalue weighted by Gasteiger charge is 2.09. The monoisotopic (exact) mass is 439 g/mol. The van der Waals surface area contributed by atoms with Crippen LogP contribution in [-0.2, 0) is 4.79 Å². The Morgan fingerprint density at radius 1 is 1.11 bits per heavy atom. The summed E-state index contributed by atoms with van der Waals surface area (Å²) in [6.07, 6.45) is 1.43. The van der Waals surface area contributed by atoms with E-state index in [9.17, 15) is 9.59 Å².